The first-order chi connectivity index (χ1) is 20.5. The van der Waals surface area contributed by atoms with Crippen LogP contribution in [0, 0.1) is 5.82 Å². The molecule has 5 nitrogen and oxygen atoms in total. The van der Waals surface area contributed by atoms with Crippen LogP contribution in [-0.2, 0) is 30.7 Å². The lowest BCUT2D eigenvalue weighted by Crippen LogP contribution is -2.40. The third-order valence-electron chi connectivity index (χ3n) is 6.93. The van der Waals surface area contributed by atoms with Crippen LogP contribution >= 0.6 is 7.59 Å². The van der Waals surface area contributed by atoms with Crippen molar-refractivity contribution in [3.63, 3.8) is 0 Å². The smallest absolute Gasteiger partial charge is 0.279 e. The van der Waals surface area contributed by atoms with Gasteiger partial charge in [-0.05, 0) is 40.5 Å². The first-order valence-electron chi connectivity index (χ1n) is 13.8. The SMILES string of the molecule is O=C(NP(=O)(N(Cc1ccccc1)Cc1ccccc1)N(Cc1ccccc1)Cc1ccccc1)c1cccc(F)c1. The van der Waals surface area contributed by atoms with Gasteiger partial charge in [0.1, 0.15) is 5.82 Å². The van der Waals surface area contributed by atoms with Gasteiger partial charge in [-0.1, -0.05) is 127 Å². The Labute approximate surface area is 246 Å². The molecule has 5 aromatic rings. The summed E-state index contributed by atoms with van der Waals surface area (Å²) in [7, 11) is -3.89. The average molecular weight is 578 g/mol. The monoisotopic (exact) mass is 577 g/mol. The molecule has 5 rings (SSSR count). The zero-order valence-electron chi connectivity index (χ0n) is 23.2. The van der Waals surface area contributed by atoms with E-state index in [4.69, 9.17) is 0 Å². The second-order valence-corrected chi connectivity index (χ2v) is 12.5. The van der Waals surface area contributed by atoms with Gasteiger partial charge in [-0.3, -0.25) is 14.4 Å². The molecule has 0 spiro atoms. The largest absolute Gasteiger partial charge is 0.312 e. The molecule has 7 heteroatoms. The maximum Gasteiger partial charge on any atom is 0.312 e. The van der Waals surface area contributed by atoms with Crippen LogP contribution in [0.15, 0.2) is 146 Å². The molecule has 0 aliphatic carbocycles. The first kappa shape index (κ1) is 29.2. The third kappa shape index (κ3) is 7.68. The van der Waals surface area contributed by atoms with E-state index < -0.39 is 19.3 Å². The standard InChI is InChI=1S/C35H33FN3O2P/c36-34-23-13-22-33(24-34)35(40)37-42(41,38(25-29-14-5-1-6-15-29)26-30-16-7-2-8-17-30)39(27-31-18-9-3-10-19-31)28-32-20-11-4-12-21-32/h1-24H,25-28H2,(H,37,40,41). The Morgan fingerprint density at radius 2 is 0.905 bits per heavy atom. The maximum absolute atomic E-state index is 15.7. The molecule has 0 fully saturated rings. The summed E-state index contributed by atoms with van der Waals surface area (Å²) >= 11 is 0. The van der Waals surface area contributed by atoms with Crippen molar-refractivity contribution in [1.29, 1.82) is 0 Å². The highest BCUT2D eigenvalue weighted by Crippen LogP contribution is 2.53. The Balaban J connectivity index is 1.63. The van der Waals surface area contributed by atoms with E-state index in [0.29, 0.717) is 26.2 Å². The third-order valence-corrected chi connectivity index (χ3v) is 9.53. The number of halogens is 1. The number of hydrogen-bond donors (Lipinski definition) is 1. The minimum Gasteiger partial charge on any atom is -0.279 e. The molecule has 212 valence electrons. The van der Waals surface area contributed by atoms with Crippen molar-refractivity contribution in [3.8, 4) is 0 Å². The molecule has 0 aliphatic rings. The number of benzene rings is 5. The minimum atomic E-state index is -3.89. The lowest BCUT2D eigenvalue weighted by molar-refractivity contribution is 0.0971. The summed E-state index contributed by atoms with van der Waals surface area (Å²) in [5.74, 6) is -1.14. The number of carbonyl (C=O) groups excluding carboxylic acids is 1. The fourth-order valence-electron chi connectivity index (χ4n) is 4.82. The lowest BCUT2D eigenvalue weighted by Gasteiger charge is -2.39. The van der Waals surface area contributed by atoms with E-state index in [1.54, 1.807) is 0 Å². The molecule has 0 heterocycles. The highest BCUT2D eigenvalue weighted by molar-refractivity contribution is 7.57. The molecule has 0 atom stereocenters. The van der Waals surface area contributed by atoms with Gasteiger partial charge in [-0.2, -0.15) is 0 Å². The van der Waals surface area contributed by atoms with E-state index in [-0.39, 0.29) is 5.56 Å². The Kier molecular flexibility index (Phi) is 9.73. The normalized spacial score (nSPS) is 11.5. The van der Waals surface area contributed by atoms with Crippen LogP contribution in [0.2, 0.25) is 0 Å². The number of nitrogens with one attached hydrogen (secondary N) is 1. The molecule has 0 aromatic heterocycles. The zero-order chi connectivity index (χ0) is 29.2. The Hall–Kier alpha value is -4.35. The van der Waals surface area contributed by atoms with Crippen LogP contribution in [0.1, 0.15) is 32.6 Å². The highest BCUT2D eigenvalue weighted by Gasteiger charge is 2.40. The Morgan fingerprint density at radius 3 is 1.24 bits per heavy atom. The van der Waals surface area contributed by atoms with Gasteiger partial charge in [-0.25, -0.2) is 13.7 Å². The molecule has 0 saturated heterocycles. The molecular formula is C35H33FN3O2P. The van der Waals surface area contributed by atoms with Crippen molar-refractivity contribution in [2.45, 2.75) is 26.2 Å². The van der Waals surface area contributed by atoms with Crippen LogP contribution in [-0.4, -0.2) is 15.2 Å². The molecular weight excluding hydrogens is 544 g/mol. The fourth-order valence-corrected chi connectivity index (χ4v) is 7.27. The van der Waals surface area contributed by atoms with E-state index in [1.807, 2.05) is 131 Å². The fraction of sp³-hybridized carbons (Fsp3) is 0.114. The molecule has 0 bridgehead atoms. The minimum absolute atomic E-state index is 0.106. The predicted molar refractivity (Wildman–Crippen MR) is 166 cm³/mol. The molecule has 0 radical (unpaired) electrons. The molecule has 0 aliphatic heterocycles. The lowest BCUT2D eigenvalue weighted by atomic mass is 10.2. The summed E-state index contributed by atoms with van der Waals surface area (Å²) < 4.78 is 33.6. The molecule has 42 heavy (non-hydrogen) atoms. The second-order valence-electron chi connectivity index (χ2n) is 10.1. The first-order valence-corrected chi connectivity index (χ1v) is 15.5. The van der Waals surface area contributed by atoms with E-state index in [2.05, 4.69) is 5.09 Å². The van der Waals surface area contributed by atoms with Gasteiger partial charge in [0.2, 0.25) is 0 Å². The van der Waals surface area contributed by atoms with E-state index in [0.717, 1.165) is 28.3 Å². The van der Waals surface area contributed by atoms with Gasteiger partial charge in [0, 0.05) is 31.7 Å². The average Bonchev–Trinajstić information content (AvgIpc) is 3.02. The number of amides is 1. The van der Waals surface area contributed by atoms with Crippen molar-refractivity contribution in [1.82, 2.24) is 14.4 Å². The van der Waals surface area contributed by atoms with Gasteiger partial charge in [-0.15, -0.1) is 0 Å². The topological polar surface area (TPSA) is 52.7 Å². The number of carbonyl (C=O) groups is 1. The van der Waals surface area contributed by atoms with Gasteiger partial charge in [0.25, 0.3) is 5.91 Å². The summed E-state index contributed by atoms with van der Waals surface area (Å²) in [6, 6.07) is 44.6. The maximum atomic E-state index is 15.7. The second kappa shape index (κ2) is 14.0. The number of rotatable bonds is 12. The molecule has 0 saturated carbocycles. The van der Waals surface area contributed by atoms with Crippen molar-refractivity contribution < 1.29 is 13.8 Å². The van der Waals surface area contributed by atoms with Crippen molar-refractivity contribution in [3.05, 3.63) is 179 Å². The van der Waals surface area contributed by atoms with Crippen molar-refractivity contribution in [2.75, 3.05) is 0 Å². The van der Waals surface area contributed by atoms with E-state index in [1.165, 1.54) is 18.2 Å². The summed E-state index contributed by atoms with van der Waals surface area (Å²) in [4.78, 5) is 13.7. The van der Waals surface area contributed by atoms with E-state index >= 15 is 4.57 Å². The molecule has 1 N–H and O–H groups in total. The van der Waals surface area contributed by atoms with Gasteiger partial charge < -0.3 is 0 Å². The quantitative estimate of drug-likeness (QED) is 0.152. The molecule has 1 amide bonds. The van der Waals surface area contributed by atoms with Gasteiger partial charge in [0.05, 0.1) is 0 Å². The number of hydrogen-bond acceptors (Lipinski definition) is 2. The van der Waals surface area contributed by atoms with Crippen LogP contribution in [0.3, 0.4) is 0 Å². The predicted octanol–water partition coefficient (Wildman–Crippen LogP) is 8.07. The van der Waals surface area contributed by atoms with Crippen molar-refractivity contribution in [2.24, 2.45) is 0 Å². The Morgan fingerprint density at radius 1 is 0.548 bits per heavy atom. The summed E-state index contributed by atoms with van der Waals surface area (Å²) in [6.07, 6.45) is 0. The molecule has 5 aromatic carbocycles. The van der Waals surface area contributed by atoms with Crippen LogP contribution in [0.4, 0.5) is 4.39 Å². The van der Waals surface area contributed by atoms with E-state index in [9.17, 15) is 9.18 Å². The van der Waals surface area contributed by atoms with Crippen molar-refractivity contribution >= 4 is 13.5 Å². The van der Waals surface area contributed by atoms with Gasteiger partial charge >= 0.3 is 7.59 Å². The summed E-state index contributed by atoms with van der Waals surface area (Å²) in [5, 5.41) is 2.92. The zero-order valence-corrected chi connectivity index (χ0v) is 24.1. The highest BCUT2D eigenvalue weighted by atomic mass is 31.2. The summed E-state index contributed by atoms with van der Waals surface area (Å²) in [5.41, 5.74) is 3.91. The summed E-state index contributed by atoms with van der Waals surface area (Å²) in [6.45, 7) is 1.26. The van der Waals surface area contributed by atoms with Crippen LogP contribution < -0.4 is 5.09 Å². The van der Waals surface area contributed by atoms with Crippen LogP contribution in [0.5, 0.6) is 0 Å². The Bertz CT molecular complexity index is 1450. The number of nitrogens with zero attached hydrogens (tertiary/aromatic N) is 2. The van der Waals surface area contributed by atoms with Crippen LogP contribution in [0.25, 0.3) is 0 Å². The molecule has 0 unspecified atom stereocenters. The van der Waals surface area contributed by atoms with Gasteiger partial charge in [0.15, 0.2) is 0 Å².